The fourth-order valence-electron chi connectivity index (χ4n) is 9.03. The average molecular weight is 813 g/mol. The van der Waals surface area contributed by atoms with Gasteiger partial charge in [0.25, 0.3) is 35.4 Å². The van der Waals surface area contributed by atoms with Crippen LogP contribution in [0.4, 0.5) is 22.7 Å². The standard InChI is InChI=1S/C52H36N4O6/c1-6-30-10-8-12-37(24-30)55-47(59)39-21-14-32(26-41(39)49(55)61)45(57)53-35-18-16-34(17-19-35)52(5)29-51(3,4)44-28-36(20-23-43(44)52)54-46(58)33-15-22-40-42(27-33)50(62)56(48(40)60)38-13-9-11-31(7-2)25-38/h1-2,8-28H,29H2,3-5H3,(H,53,57)(H,54,58). The van der Waals surface area contributed by atoms with E-state index in [1.807, 2.05) is 42.5 Å². The minimum atomic E-state index is -0.534. The second-order valence-corrected chi connectivity index (χ2v) is 16.4. The van der Waals surface area contributed by atoms with Gasteiger partial charge in [0, 0.05) is 39.0 Å². The third kappa shape index (κ3) is 6.34. The Morgan fingerprint density at radius 2 is 1.00 bits per heavy atom. The van der Waals surface area contributed by atoms with Crippen LogP contribution >= 0.6 is 0 Å². The molecule has 0 bridgehead atoms. The van der Waals surface area contributed by atoms with Crippen molar-refractivity contribution < 1.29 is 28.8 Å². The maximum atomic E-state index is 13.6. The number of anilines is 4. The number of terminal acetylenes is 2. The van der Waals surface area contributed by atoms with Crippen LogP contribution < -0.4 is 20.4 Å². The molecule has 0 radical (unpaired) electrons. The van der Waals surface area contributed by atoms with Gasteiger partial charge in [-0.1, -0.05) is 62.9 Å². The number of nitrogens with one attached hydrogen (secondary N) is 2. The van der Waals surface area contributed by atoms with E-state index in [1.54, 1.807) is 48.5 Å². The predicted octanol–water partition coefficient (Wildman–Crippen LogP) is 8.74. The summed E-state index contributed by atoms with van der Waals surface area (Å²) in [7, 11) is 0. The Morgan fingerprint density at radius 1 is 0.532 bits per heavy atom. The molecule has 1 atom stereocenters. The number of carbonyl (C=O) groups is 6. The molecule has 2 N–H and O–H groups in total. The number of fused-ring (bicyclic) bond motifs is 3. The molecule has 1 aliphatic carbocycles. The van der Waals surface area contributed by atoms with E-state index in [2.05, 4.69) is 43.2 Å². The van der Waals surface area contributed by atoms with Crippen molar-refractivity contribution in [3.05, 3.63) is 189 Å². The van der Waals surface area contributed by atoms with Crippen LogP contribution in [0.1, 0.15) is 117 Å². The lowest BCUT2D eigenvalue weighted by molar-refractivity contribution is 0.0910. The van der Waals surface area contributed by atoms with Crippen LogP contribution in [0.2, 0.25) is 0 Å². The minimum absolute atomic E-state index is 0.135. The molecule has 62 heavy (non-hydrogen) atoms. The van der Waals surface area contributed by atoms with Gasteiger partial charge in [-0.3, -0.25) is 28.8 Å². The number of hydrogen-bond donors (Lipinski definition) is 2. The first-order valence-electron chi connectivity index (χ1n) is 19.8. The van der Waals surface area contributed by atoms with Crippen LogP contribution in [-0.2, 0) is 10.8 Å². The second kappa shape index (κ2) is 14.4. The SMILES string of the molecule is C#Cc1cccc(N2C(=O)c3ccc(C(=O)Nc4ccc(C5(C)CC(C)(C)c6cc(NC(=O)c7ccc8c(c7)C(=O)N(c7cccc(C#C)c7)C8=O)ccc65)cc4)cc3C2=O)c1. The van der Waals surface area contributed by atoms with Crippen molar-refractivity contribution in [2.45, 2.75) is 38.0 Å². The van der Waals surface area contributed by atoms with Crippen molar-refractivity contribution in [3.63, 3.8) is 0 Å². The molecule has 6 aromatic rings. The molecule has 6 aromatic carbocycles. The van der Waals surface area contributed by atoms with Crippen LogP contribution in [-0.4, -0.2) is 35.4 Å². The van der Waals surface area contributed by atoms with Crippen molar-refractivity contribution in [1.82, 2.24) is 0 Å². The maximum absolute atomic E-state index is 13.6. The summed E-state index contributed by atoms with van der Waals surface area (Å²) in [4.78, 5) is 82.4. The number of rotatable bonds is 7. The molecule has 2 aliphatic heterocycles. The van der Waals surface area contributed by atoms with Gasteiger partial charge < -0.3 is 10.6 Å². The lowest BCUT2D eigenvalue weighted by atomic mass is 9.75. The van der Waals surface area contributed by atoms with Gasteiger partial charge in [0.1, 0.15) is 0 Å². The van der Waals surface area contributed by atoms with Gasteiger partial charge in [0.05, 0.1) is 33.6 Å². The zero-order valence-corrected chi connectivity index (χ0v) is 33.8. The van der Waals surface area contributed by atoms with Crippen LogP contribution in [0.25, 0.3) is 0 Å². The molecule has 0 saturated carbocycles. The van der Waals surface area contributed by atoms with E-state index in [1.165, 1.54) is 36.4 Å². The first-order valence-corrected chi connectivity index (χ1v) is 19.8. The van der Waals surface area contributed by atoms with E-state index in [9.17, 15) is 28.8 Å². The number of hydrogen-bond acceptors (Lipinski definition) is 6. The maximum Gasteiger partial charge on any atom is 0.266 e. The highest BCUT2D eigenvalue weighted by Gasteiger charge is 2.46. The summed E-state index contributed by atoms with van der Waals surface area (Å²) in [5.41, 5.74) is 6.59. The molecule has 2 heterocycles. The molecule has 10 heteroatoms. The third-order valence-electron chi connectivity index (χ3n) is 12.0. The van der Waals surface area contributed by atoms with Gasteiger partial charge in [-0.15, -0.1) is 12.8 Å². The van der Waals surface area contributed by atoms with Crippen LogP contribution in [0, 0.1) is 24.7 Å². The van der Waals surface area contributed by atoms with E-state index in [-0.39, 0.29) is 38.8 Å². The molecule has 3 aliphatic rings. The van der Waals surface area contributed by atoms with E-state index in [0.717, 1.165) is 32.9 Å². The normalized spacial score (nSPS) is 16.9. The van der Waals surface area contributed by atoms with Crippen molar-refractivity contribution >= 4 is 58.2 Å². The number of imide groups is 2. The molecule has 0 aromatic heterocycles. The van der Waals surface area contributed by atoms with Crippen LogP contribution in [0.3, 0.4) is 0 Å². The number of benzene rings is 6. The van der Waals surface area contributed by atoms with Gasteiger partial charge in [0.2, 0.25) is 0 Å². The molecular formula is C52H36N4O6. The highest BCUT2D eigenvalue weighted by Crippen LogP contribution is 2.53. The Labute approximate surface area is 357 Å². The first-order chi connectivity index (χ1) is 29.7. The zero-order chi connectivity index (χ0) is 43.7. The van der Waals surface area contributed by atoms with Crippen LogP contribution in [0.5, 0.6) is 0 Å². The highest BCUT2D eigenvalue weighted by atomic mass is 16.2. The smallest absolute Gasteiger partial charge is 0.266 e. The minimum Gasteiger partial charge on any atom is -0.322 e. The largest absolute Gasteiger partial charge is 0.322 e. The Kier molecular flexibility index (Phi) is 9.11. The lowest BCUT2D eigenvalue weighted by Gasteiger charge is -2.28. The monoisotopic (exact) mass is 812 g/mol. The highest BCUT2D eigenvalue weighted by molar-refractivity contribution is 6.35. The fourth-order valence-corrected chi connectivity index (χ4v) is 9.03. The molecule has 0 saturated heterocycles. The molecule has 6 amide bonds. The molecule has 9 rings (SSSR count). The Morgan fingerprint density at radius 3 is 1.50 bits per heavy atom. The van der Waals surface area contributed by atoms with E-state index in [4.69, 9.17) is 12.8 Å². The van der Waals surface area contributed by atoms with Gasteiger partial charge >= 0.3 is 0 Å². The van der Waals surface area contributed by atoms with E-state index < -0.39 is 40.9 Å². The van der Waals surface area contributed by atoms with Gasteiger partial charge in [0.15, 0.2) is 0 Å². The summed E-state index contributed by atoms with van der Waals surface area (Å²) in [5.74, 6) is 2.12. The van der Waals surface area contributed by atoms with Crippen LogP contribution in [0.15, 0.2) is 127 Å². The molecule has 1 unspecified atom stereocenters. The number of nitrogens with zero attached hydrogens (tertiary/aromatic N) is 2. The van der Waals surface area contributed by atoms with Gasteiger partial charge in [-0.2, -0.15) is 0 Å². The molecule has 0 spiro atoms. The Balaban J connectivity index is 0.895. The Bertz CT molecular complexity index is 3100. The summed E-state index contributed by atoms with van der Waals surface area (Å²) >= 11 is 0. The zero-order valence-electron chi connectivity index (χ0n) is 33.8. The number of amides is 6. The second-order valence-electron chi connectivity index (χ2n) is 16.4. The molecular weight excluding hydrogens is 777 g/mol. The predicted molar refractivity (Wildman–Crippen MR) is 237 cm³/mol. The summed E-state index contributed by atoms with van der Waals surface area (Å²) in [5, 5.41) is 5.90. The van der Waals surface area contributed by atoms with E-state index in [0.29, 0.717) is 33.9 Å². The van der Waals surface area contributed by atoms with Gasteiger partial charge in [-0.05, 0) is 126 Å². The van der Waals surface area contributed by atoms with Crippen molar-refractivity contribution in [2.24, 2.45) is 0 Å². The quantitative estimate of drug-likeness (QED) is 0.122. The lowest BCUT2D eigenvalue weighted by Crippen LogP contribution is -2.29. The van der Waals surface area contributed by atoms with Gasteiger partial charge in [-0.25, -0.2) is 9.80 Å². The average Bonchev–Trinajstić information content (AvgIpc) is 3.77. The Hall–Kier alpha value is -8.34. The summed E-state index contributed by atoms with van der Waals surface area (Å²) < 4.78 is 0. The molecule has 0 fully saturated rings. The summed E-state index contributed by atoms with van der Waals surface area (Å²) in [6.45, 7) is 6.50. The first kappa shape index (κ1) is 39.1. The van der Waals surface area contributed by atoms with Crippen molar-refractivity contribution in [1.29, 1.82) is 0 Å². The summed E-state index contributed by atoms with van der Waals surface area (Å²) in [6.07, 6.45) is 11.8. The van der Waals surface area contributed by atoms with Crippen molar-refractivity contribution in [2.75, 3.05) is 20.4 Å². The molecule has 300 valence electrons. The number of carbonyl (C=O) groups excluding carboxylic acids is 6. The third-order valence-corrected chi connectivity index (χ3v) is 12.0. The van der Waals surface area contributed by atoms with E-state index >= 15 is 0 Å². The van der Waals surface area contributed by atoms with Crippen molar-refractivity contribution in [3.8, 4) is 24.7 Å². The topological polar surface area (TPSA) is 133 Å². The fraction of sp³-hybridized carbons (Fsp3) is 0.115. The molecule has 10 nitrogen and oxygen atoms in total. The summed E-state index contributed by atoms with van der Waals surface area (Å²) in [6, 6.07) is 35.6.